The lowest BCUT2D eigenvalue weighted by atomic mass is 10.1. The summed E-state index contributed by atoms with van der Waals surface area (Å²) in [5.74, 6) is 0.826. The molecule has 0 atom stereocenters. The highest BCUT2D eigenvalue weighted by molar-refractivity contribution is 5.98. The van der Waals surface area contributed by atoms with Crippen molar-refractivity contribution in [1.82, 2.24) is 9.88 Å². The van der Waals surface area contributed by atoms with Gasteiger partial charge in [-0.05, 0) is 44.5 Å². The fourth-order valence-corrected chi connectivity index (χ4v) is 3.17. The van der Waals surface area contributed by atoms with Crippen LogP contribution in [0.4, 0.5) is 0 Å². The van der Waals surface area contributed by atoms with Crippen LogP contribution < -0.4 is 5.32 Å². The topological polar surface area (TPSA) is 67.4 Å². The Balaban J connectivity index is 1.96. The highest BCUT2D eigenvalue weighted by Gasteiger charge is 2.21. The van der Waals surface area contributed by atoms with Gasteiger partial charge >= 0.3 is 5.97 Å². The molecule has 0 amide bonds. The van der Waals surface area contributed by atoms with Crippen LogP contribution in [0.15, 0.2) is 34.7 Å². The Morgan fingerprint density at radius 2 is 2.00 bits per heavy atom. The lowest BCUT2D eigenvalue weighted by molar-refractivity contribution is 0.0684. The van der Waals surface area contributed by atoms with Crippen molar-refractivity contribution in [3.05, 3.63) is 58.7 Å². The van der Waals surface area contributed by atoms with Gasteiger partial charge in [0, 0.05) is 29.6 Å². The molecule has 0 saturated heterocycles. The molecule has 3 aromatic rings. The van der Waals surface area contributed by atoms with E-state index in [4.69, 9.17) is 4.42 Å². The minimum Gasteiger partial charge on any atom is -0.477 e. The lowest BCUT2D eigenvalue weighted by Gasteiger charge is -2.06. The molecule has 1 aromatic carbocycles. The van der Waals surface area contributed by atoms with Crippen LogP contribution in [-0.4, -0.2) is 15.6 Å². The summed E-state index contributed by atoms with van der Waals surface area (Å²) >= 11 is 0. The molecule has 2 aromatic heterocycles. The van der Waals surface area contributed by atoms with Gasteiger partial charge in [0.05, 0.1) is 6.54 Å². The van der Waals surface area contributed by atoms with Gasteiger partial charge in [0.25, 0.3) is 0 Å². The van der Waals surface area contributed by atoms with Crippen molar-refractivity contribution in [3.63, 3.8) is 0 Å². The van der Waals surface area contributed by atoms with Crippen LogP contribution in [0.5, 0.6) is 0 Å². The number of benzene rings is 1. The number of aromatic nitrogens is 1. The third kappa shape index (κ3) is 2.95. The molecule has 3 rings (SSSR count). The predicted molar refractivity (Wildman–Crippen MR) is 93.3 cm³/mol. The summed E-state index contributed by atoms with van der Waals surface area (Å²) in [6.45, 7) is 7.56. The molecule has 5 nitrogen and oxygen atoms in total. The van der Waals surface area contributed by atoms with Crippen LogP contribution in [0.1, 0.15) is 40.1 Å². The standard InChI is InChI=1S/C19H22N2O3/c1-4-21-17-9-12(2)5-8-15(17)16(18(21)19(22)23)11-20-10-14-7-6-13(3)24-14/h5-9,20H,4,10-11H2,1-3H3,(H,22,23). The summed E-state index contributed by atoms with van der Waals surface area (Å²) in [5, 5.41) is 14.0. The SMILES string of the molecule is CCn1c(C(=O)O)c(CNCc2ccc(C)o2)c2ccc(C)cc21. The van der Waals surface area contributed by atoms with Gasteiger partial charge in [0.15, 0.2) is 0 Å². The number of rotatable bonds is 6. The number of hydrogen-bond acceptors (Lipinski definition) is 3. The van der Waals surface area contributed by atoms with Gasteiger partial charge in [0.1, 0.15) is 17.2 Å². The van der Waals surface area contributed by atoms with E-state index < -0.39 is 5.97 Å². The van der Waals surface area contributed by atoms with E-state index in [2.05, 4.69) is 5.32 Å². The molecule has 0 unspecified atom stereocenters. The molecule has 0 fully saturated rings. The van der Waals surface area contributed by atoms with E-state index in [1.807, 2.05) is 55.7 Å². The molecular formula is C19H22N2O3. The normalized spacial score (nSPS) is 11.3. The molecule has 126 valence electrons. The van der Waals surface area contributed by atoms with Crippen LogP contribution in [0.3, 0.4) is 0 Å². The van der Waals surface area contributed by atoms with Crippen molar-refractivity contribution < 1.29 is 14.3 Å². The molecule has 0 saturated carbocycles. The molecule has 0 aliphatic rings. The second-order valence-electron chi connectivity index (χ2n) is 6.01. The largest absolute Gasteiger partial charge is 0.477 e. The molecule has 0 spiro atoms. The van der Waals surface area contributed by atoms with E-state index in [0.717, 1.165) is 33.6 Å². The molecule has 0 aliphatic heterocycles. The first-order chi connectivity index (χ1) is 11.5. The zero-order chi connectivity index (χ0) is 17.3. The zero-order valence-electron chi connectivity index (χ0n) is 14.2. The van der Waals surface area contributed by atoms with Crippen molar-refractivity contribution in [2.24, 2.45) is 0 Å². The van der Waals surface area contributed by atoms with E-state index in [1.54, 1.807) is 0 Å². The summed E-state index contributed by atoms with van der Waals surface area (Å²) in [7, 11) is 0. The Labute approximate surface area is 140 Å². The number of carboxylic acids is 1. The number of carbonyl (C=O) groups is 1. The summed E-state index contributed by atoms with van der Waals surface area (Å²) in [4.78, 5) is 11.8. The number of nitrogens with one attached hydrogen (secondary N) is 1. The predicted octanol–water partition coefficient (Wildman–Crippen LogP) is 3.86. The van der Waals surface area contributed by atoms with Gasteiger partial charge in [0.2, 0.25) is 0 Å². The summed E-state index contributed by atoms with van der Waals surface area (Å²) in [5.41, 5.74) is 3.28. The number of nitrogens with zero attached hydrogens (tertiary/aromatic N) is 1. The number of furan rings is 1. The van der Waals surface area contributed by atoms with Crippen molar-refractivity contribution in [3.8, 4) is 0 Å². The molecule has 2 heterocycles. The Kier molecular flexibility index (Phi) is 4.44. The maximum absolute atomic E-state index is 11.8. The summed E-state index contributed by atoms with van der Waals surface area (Å²) in [6.07, 6.45) is 0. The Morgan fingerprint density at radius 1 is 1.21 bits per heavy atom. The number of aryl methyl sites for hydroxylation is 3. The Morgan fingerprint density at radius 3 is 2.62 bits per heavy atom. The minimum atomic E-state index is -0.892. The average Bonchev–Trinajstić information content (AvgIpc) is 3.08. The lowest BCUT2D eigenvalue weighted by Crippen LogP contribution is -2.16. The number of carboxylic acid groups (broad SMARTS) is 1. The van der Waals surface area contributed by atoms with Crippen molar-refractivity contribution in [2.75, 3.05) is 0 Å². The number of fused-ring (bicyclic) bond motifs is 1. The molecule has 0 radical (unpaired) electrons. The maximum atomic E-state index is 11.8. The molecular weight excluding hydrogens is 304 g/mol. The minimum absolute atomic E-state index is 0.362. The second-order valence-corrected chi connectivity index (χ2v) is 6.01. The van der Waals surface area contributed by atoms with Crippen LogP contribution in [-0.2, 0) is 19.6 Å². The van der Waals surface area contributed by atoms with Crippen LogP contribution in [0.25, 0.3) is 10.9 Å². The van der Waals surface area contributed by atoms with E-state index in [-0.39, 0.29) is 0 Å². The van der Waals surface area contributed by atoms with Crippen LogP contribution in [0, 0.1) is 13.8 Å². The van der Waals surface area contributed by atoms with Gasteiger partial charge in [-0.25, -0.2) is 4.79 Å². The number of hydrogen-bond donors (Lipinski definition) is 2. The third-order valence-electron chi connectivity index (χ3n) is 4.24. The maximum Gasteiger partial charge on any atom is 0.352 e. The summed E-state index contributed by atoms with van der Waals surface area (Å²) < 4.78 is 7.42. The monoisotopic (exact) mass is 326 g/mol. The van der Waals surface area contributed by atoms with Gasteiger partial charge < -0.3 is 19.4 Å². The van der Waals surface area contributed by atoms with Crippen molar-refractivity contribution >= 4 is 16.9 Å². The highest BCUT2D eigenvalue weighted by atomic mass is 16.4. The first-order valence-corrected chi connectivity index (χ1v) is 8.12. The zero-order valence-corrected chi connectivity index (χ0v) is 14.2. The Bertz CT molecular complexity index is 890. The first-order valence-electron chi connectivity index (χ1n) is 8.12. The van der Waals surface area contributed by atoms with E-state index in [0.29, 0.717) is 25.3 Å². The van der Waals surface area contributed by atoms with Crippen LogP contribution in [0.2, 0.25) is 0 Å². The van der Waals surface area contributed by atoms with Gasteiger partial charge in [-0.15, -0.1) is 0 Å². The van der Waals surface area contributed by atoms with Crippen molar-refractivity contribution in [2.45, 2.75) is 40.4 Å². The van der Waals surface area contributed by atoms with E-state index in [1.165, 1.54) is 0 Å². The second kappa shape index (κ2) is 6.53. The molecule has 2 N–H and O–H groups in total. The van der Waals surface area contributed by atoms with Gasteiger partial charge in [-0.1, -0.05) is 12.1 Å². The fourth-order valence-electron chi connectivity index (χ4n) is 3.17. The highest BCUT2D eigenvalue weighted by Crippen LogP contribution is 2.27. The number of aromatic carboxylic acids is 1. The van der Waals surface area contributed by atoms with E-state index >= 15 is 0 Å². The third-order valence-corrected chi connectivity index (χ3v) is 4.24. The first kappa shape index (κ1) is 16.3. The Hall–Kier alpha value is -2.53. The van der Waals surface area contributed by atoms with Crippen LogP contribution >= 0.6 is 0 Å². The molecule has 0 aliphatic carbocycles. The van der Waals surface area contributed by atoms with Gasteiger partial charge in [-0.3, -0.25) is 0 Å². The quantitative estimate of drug-likeness (QED) is 0.722. The summed E-state index contributed by atoms with van der Waals surface area (Å²) in [6, 6.07) is 9.93. The molecule has 5 heteroatoms. The van der Waals surface area contributed by atoms with Crippen molar-refractivity contribution in [1.29, 1.82) is 0 Å². The molecule has 24 heavy (non-hydrogen) atoms. The fraction of sp³-hybridized carbons (Fsp3) is 0.316. The smallest absolute Gasteiger partial charge is 0.352 e. The van der Waals surface area contributed by atoms with Gasteiger partial charge in [-0.2, -0.15) is 0 Å². The molecule has 0 bridgehead atoms. The average molecular weight is 326 g/mol. The van der Waals surface area contributed by atoms with E-state index in [9.17, 15) is 9.90 Å².